The Morgan fingerprint density at radius 2 is 1.38 bits per heavy atom. The monoisotopic (exact) mass is 395 g/mol. The molecule has 0 atom stereocenters. The van der Waals surface area contributed by atoms with Crippen molar-refractivity contribution in [3.8, 4) is 38.2 Å². The number of tetrazole rings is 1. The van der Waals surface area contributed by atoms with E-state index in [1.165, 1.54) is 5.56 Å². The summed E-state index contributed by atoms with van der Waals surface area (Å²) < 4.78 is 1.79. The van der Waals surface area contributed by atoms with Gasteiger partial charge in [-0.05, 0) is 17.4 Å². The standard InChI is InChI=1S/C23H17N5S/c1-16-12-14-18(15-13-16)21-25-26-27-28(21)23-20(17-8-4-2-5-9-17)24-22(29-23)19-10-6-3-7-11-19/h2-15H,1H3. The second-order valence-corrected chi connectivity index (χ2v) is 7.66. The molecule has 0 saturated carbocycles. The van der Waals surface area contributed by atoms with Crippen LogP contribution in [0.15, 0.2) is 84.9 Å². The van der Waals surface area contributed by atoms with E-state index in [0.717, 1.165) is 32.4 Å². The lowest BCUT2D eigenvalue weighted by Gasteiger charge is -2.05. The maximum atomic E-state index is 4.96. The number of aromatic nitrogens is 5. The molecule has 0 saturated heterocycles. The molecule has 5 aromatic rings. The van der Waals surface area contributed by atoms with E-state index in [-0.39, 0.29) is 0 Å². The molecule has 0 N–H and O–H groups in total. The molecule has 0 aliphatic heterocycles. The highest BCUT2D eigenvalue weighted by Crippen LogP contribution is 2.37. The molecule has 29 heavy (non-hydrogen) atoms. The van der Waals surface area contributed by atoms with Crippen molar-refractivity contribution in [2.45, 2.75) is 6.92 Å². The van der Waals surface area contributed by atoms with Crippen molar-refractivity contribution in [2.75, 3.05) is 0 Å². The molecule has 5 rings (SSSR count). The first-order chi connectivity index (χ1) is 14.3. The van der Waals surface area contributed by atoms with Gasteiger partial charge in [0.25, 0.3) is 0 Å². The quantitative estimate of drug-likeness (QED) is 0.407. The first-order valence-corrected chi connectivity index (χ1v) is 10.1. The van der Waals surface area contributed by atoms with Crippen molar-refractivity contribution in [2.24, 2.45) is 0 Å². The van der Waals surface area contributed by atoms with Crippen molar-refractivity contribution >= 4 is 11.3 Å². The van der Waals surface area contributed by atoms with Crippen LogP contribution in [0.25, 0.3) is 38.2 Å². The summed E-state index contributed by atoms with van der Waals surface area (Å²) in [6, 6.07) is 28.5. The molecule has 6 heteroatoms. The summed E-state index contributed by atoms with van der Waals surface area (Å²) >= 11 is 1.59. The van der Waals surface area contributed by atoms with Crippen LogP contribution >= 0.6 is 11.3 Å². The fourth-order valence-corrected chi connectivity index (χ4v) is 4.19. The second kappa shape index (κ2) is 7.41. The predicted molar refractivity (Wildman–Crippen MR) is 116 cm³/mol. The van der Waals surface area contributed by atoms with Gasteiger partial charge in [0.2, 0.25) is 0 Å². The van der Waals surface area contributed by atoms with Crippen LogP contribution in [0.4, 0.5) is 0 Å². The van der Waals surface area contributed by atoms with Crippen LogP contribution in [-0.2, 0) is 0 Å². The maximum absolute atomic E-state index is 4.96. The fraction of sp³-hybridized carbons (Fsp3) is 0.0435. The summed E-state index contributed by atoms with van der Waals surface area (Å²) in [7, 11) is 0. The molecule has 2 aromatic heterocycles. The van der Waals surface area contributed by atoms with Crippen LogP contribution in [0.1, 0.15) is 5.56 Å². The van der Waals surface area contributed by atoms with Crippen LogP contribution in [0.5, 0.6) is 0 Å². The van der Waals surface area contributed by atoms with Crippen molar-refractivity contribution in [3.05, 3.63) is 90.5 Å². The molecule has 0 aliphatic carbocycles. The highest BCUT2D eigenvalue weighted by atomic mass is 32.1. The average Bonchev–Trinajstić information content (AvgIpc) is 3.43. The average molecular weight is 395 g/mol. The van der Waals surface area contributed by atoms with Crippen molar-refractivity contribution in [3.63, 3.8) is 0 Å². The molecule has 0 amide bonds. The lowest BCUT2D eigenvalue weighted by atomic mass is 10.1. The minimum atomic E-state index is 0.699. The van der Waals surface area contributed by atoms with E-state index >= 15 is 0 Å². The zero-order chi connectivity index (χ0) is 19.6. The summed E-state index contributed by atoms with van der Waals surface area (Å²) in [5.41, 5.74) is 5.14. The van der Waals surface area contributed by atoms with Crippen LogP contribution < -0.4 is 0 Å². The maximum Gasteiger partial charge on any atom is 0.188 e. The summed E-state index contributed by atoms with van der Waals surface area (Å²) in [6.45, 7) is 2.07. The first kappa shape index (κ1) is 17.5. The Hall–Kier alpha value is -3.64. The lowest BCUT2D eigenvalue weighted by Crippen LogP contribution is -1.99. The van der Waals surface area contributed by atoms with Crippen LogP contribution in [-0.4, -0.2) is 25.2 Å². The molecule has 0 aliphatic rings. The molecule has 0 radical (unpaired) electrons. The summed E-state index contributed by atoms with van der Waals surface area (Å²) in [5.74, 6) is 0.699. The van der Waals surface area contributed by atoms with Gasteiger partial charge in [0.15, 0.2) is 5.82 Å². The Morgan fingerprint density at radius 1 is 0.724 bits per heavy atom. The zero-order valence-corrected chi connectivity index (χ0v) is 16.5. The van der Waals surface area contributed by atoms with Gasteiger partial charge in [-0.3, -0.25) is 0 Å². The Labute approximate surface area is 172 Å². The van der Waals surface area contributed by atoms with E-state index in [4.69, 9.17) is 4.98 Å². The van der Waals surface area contributed by atoms with Gasteiger partial charge in [0.05, 0.1) is 0 Å². The van der Waals surface area contributed by atoms with E-state index in [9.17, 15) is 0 Å². The first-order valence-electron chi connectivity index (χ1n) is 9.27. The van der Waals surface area contributed by atoms with E-state index in [1.54, 1.807) is 16.0 Å². The SMILES string of the molecule is Cc1ccc(-c2nnnn2-c2sc(-c3ccccc3)nc2-c2ccccc2)cc1. The van der Waals surface area contributed by atoms with E-state index < -0.39 is 0 Å². The van der Waals surface area contributed by atoms with E-state index in [0.29, 0.717) is 5.82 Å². The minimum Gasteiger partial charge on any atom is -0.234 e. The zero-order valence-electron chi connectivity index (χ0n) is 15.7. The molecule has 0 unspecified atom stereocenters. The largest absolute Gasteiger partial charge is 0.234 e. The van der Waals surface area contributed by atoms with E-state index in [1.807, 2.05) is 48.5 Å². The Morgan fingerprint density at radius 3 is 2.07 bits per heavy atom. The number of hydrogen-bond donors (Lipinski definition) is 0. The number of thiazole rings is 1. The third kappa shape index (κ3) is 3.34. The normalized spacial score (nSPS) is 10.9. The third-order valence-electron chi connectivity index (χ3n) is 4.65. The Balaban J connectivity index is 1.70. The second-order valence-electron chi connectivity index (χ2n) is 6.69. The van der Waals surface area contributed by atoms with Gasteiger partial charge < -0.3 is 0 Å². The molecule has 0 spiro atoms. The molecule has 0 bridgehead atoms. The molecule has 2 heterocycles. The molecule has 140 valence electrons. The van der Waals surface area contributed by atoms with Gasteiger partial charge in [0.1, 0.15) is 15.7 Å². The molecular weight excluding hydrogens is 378 g/mol. The minimum absolute atomic E-state index is 0.699. The smallest absolute Gasteiger partial charge is 0.188 e. The molecule has 0 fully saturated rings. The molecule has 3 aromatic carbocycles. The third-order valence-corrected chi connectivity index (χ3v) is 5.73. The van der Waals surface area contributed by atoms with Crippen LogP contribution in [0, 0.1) is 6.92 Å². The summed E-state index contributed by atoms with van der Waals surface area (Å²) in [6.07, 6.45) is 0. The number of nitrogens with zero attached hydrogens (tertiary/aromatic N) is 5. The summed E-state index contributed by atoms with van der Waals surface area (Å²) in [4.78, 5) is 4.96. The molecule has 5 nitrogen and oxygen atoms in total. The number of rotatable bonds is 4. The van der Waals surface area contributed by atoms with Gasteiger partial charge in [0, 0.05) is 16.7 Å². The lowest BCUT2D eigenvalue weighted by molar-refractivity contribution is 0.800. The highest BCUT2D eigenvalue weighted by molar-refractivity contribution is 7.18. The Bertz CT molecular complexity index is 1240. The fourth-order valence-electron chi connectivity index (χ4n) is 3.15. The Kier molecular flexibility index (Phi) is 4.46. The van der Waals surface area contributed by atoms with Gasteiger partial charge >= 0.3 is 0 Å². The predicted octanol–water partition coefficient (Wildman–Crippen LogP) is 5.43. The van der Waals surface area contributed by atoms with Crippen molar-refractivity contribution in [1.29, 1.82) is 0 Å². The van der Waals surface area contributed by atoms with Gasteiger partial charge in [-0.25, -0.2) is 4.98 Å². The van der Waals surface area contributed by atoms with Gasteiger partial charge in [-0.1, -0.05) is 102 Å². The number of aryl methyl sites for hydroxylation is 1. The number of benzene rings is 3. The van der Waals surface area contributed by atoms with E-state index in [2.05, 4.69) is 58.8 Å². The van der Waals surface area contributed by atoms with Crippen molar-refractivity contribution < 1.29 is 0 Å². The summed E-state index contributed by atoms with van der Waals surface area (Å²) in [5, 5.41) is 14.4. The topological polar surface area (TPSA) is 56.5 Å². The van der Waals surface area contributed by atoms with Gasteiger partial charge in [-0.15, -0.1) is 5.10 Å². The van der Waals surface area contributed by atoms with Crippen LogP contribution in [0.3, 0.4) is 0 Å². The van der Waals surface area contributed by atoms with Crippen molar-refractivity contribution in [1.82, 2.24) is 25.2 Å². The highest BCUT2D eigenvalue weighted by Gasteiger charge is 2.20. The van der Waals surface area contributed by atoms with Crippen LogP contribution in [0.2, 0.25) is 0 Å². The molecular formula is C23H17N5S. The van der Waals surface area contributed by atoms with Gasteiger partial charge in [-0.2, -0.15) is 4.68 Å². The number of hydrogen-bond acceptors (Lipinski definition) is 5.